The summed E-state index contributed by atoms with van der Waals surface area (Å²) < 4.78 is 0. The van der Waals surface area contributed by atoms with Gasteiger partial charge >= 0.3 is 5.97 Å². The fourth-order valence-corrected chi connectivity index (χ4v) is 1.98. The summed E-state index contributed by atoms with van der Waals surface area (Å²) in [7, 11) is 0. The Labute approximate surface area is 106 Å². The first-order valence-electron chi connectivity index (χ1n) is 5.95. The Bertz CT molecular complexity index is 485. The van der Waals surface area contributed by atoms with Crippen LogP contribution in [0.2, 0.25) is 0 Å². The monoisotopic (exact) mass is 247 g/mol. The molecule has 1 heterocycles. The Balaban J connectivity index is 2.13. The molecule has 1 aliphatic rings. The molecular formula is C14H17NO3. The molecule has 18 heavy (non-hydrogen) atoms. The highest BCUT2D eigenvalue weighted by molar-refractivity contribution is 6.12. The van der Waals surface area contributed by atoms with Gasteiger partial charge in [-0.25, -0.2) is 0 Å². The molecule has 4 heteroatoms. The summed E-state index contributed by atoms with van der Waals surface area (Å²) in [5.41, 5.74) is 2.03. The summed E-state index contributed by atoms with van der Waals surface area (Å²) in [5, 5.41) is 8.77. The van der Waals surface area contributed by atoms with Gasteiger partial charge in [-0.05, 0) is 23.1 Å². The molecular weight excluding hydrogens is 230 g/mol. The van der Waals surface area contributed by atoms with Gasteiger partial charge in [0.05, 0.1) is 0 Å². The lowest BCUT2D eigenvalue weighted by Crippen LogP contribution is -2.56. The van der Waals surface area contributed by atoms with Gasteiger partial charge in [-0.1, -0.05) is 32.9 Å². The minimum atomic E-state index is -1.04. The number of benzene rings is 1. The van der Waals surface area contributed by atoms with Crippen molar-refractivity contribution in [2.75, 3.05) is 11.4 Å². The van der Waals surface area contributed by atoms with Crippen molar-refractivity contribution < 1.29 is 14.7 Å². The normalized spacial score (nSPS) is 19.6. The molecule has 0 spiro atoms. The molecule has 0 bridgehead atoms. The first-order valence-corrected chi connectivity index (χ1v) is 5.95. The summed E-state index contributed by atoms with van der Waals surface area (Å²) in [6.45, 7) is 6.63. The van der Waals surface area contributed by atoms with Crippen molar-refractivity contribution in [3.63, 3.8) is 0 Å². The lowest BCUT2D eigenvalue weighted by molar-refractivity contribution is -0.149. The van der Waals surface area contributed by atoms with Crippen LogP contribution in [0.5, 0.6) is 0 Å². The van der Waals surface area contributed by atoms with Gasteiger partial charge in [-0.2, -0.15) is 0 Å². The minimum absolute atomic E-state index is 0.0705. The molecule has 96 valence electrons. The quantitative estimate of drug-likeness (QED) is 0.642. The molecule has 1 amide bonds. The molecule has 1 saturated heterocycles. The predicted octanol–water partition coefficient (Wildman–Crippen LogP) is 2.03. The first kappa shape index (κ1) is 12.6. The van der Waals surface area contributed by atoms with Crippen LogP contribution in [0, 0.1) is 5.92 Å². The lowest BCUT2D eigenvalue weighted by atomic mass is 9.87. The maximum absolute atomic E-state index is 11.6. The number of carboxylic acids is 1. The number of carbonyl (C=O) groups is 2. The van der Waals surface area contributed by atoms with Crippen LogP contribution in [0.3, 0.4) is 0 Å². The van der Waals surface area contributed by atoms with Crippen LogP contribution in [0.15, 0.2) is 24.3 Å². The zero-order valence-electron chi connectivity index (χ0n) is 10.8. The van der Waals surface area contributed by atoms with E-state index < -0.39 is 11.9 Å². The molecule has 1 fully saturated rings. The molecule has 0 radical (unpaired) electrons. The Morgan fingerprint density at radius 3 is 2.22 bits per heavy atom. The van der Waals surface area contributed by atoms with Crippen LogP contribution in [0.4, 0.5) is 5.69 Å². The van der Waals surface area contributed by atoms with Crippen LogP contribution in [-0.4, -0.2) is 23.5 Å². The summed E-state index contributed by atoms with van der Waals surface area (Å²) >= 11 is 0. The van der Waals surface area contributed by atoms with Crippen molar-refractivity contribution >= 4 is 17.6 Å². The van der Waals surface area contributed by atoms with Gasteiger partial charge in [0.2, 0.25) is 5.91 Å². The van der Waals surface area contributed by atoms with Crippen molar-refractivity contribution in [3.05, 3.63) is 29.8 Å². The van der Waals surface area contributed by atoms with Crippen LogP contribution in [-0.2, 0) is 15.0 Å². The van der Waals surface area contributed by atoms with Gasteiger partial charge in [0.25, 0.3) is 0 Å². The topological polar surface area (TPSA) is 57.6 Å². The number of β-lactam (4-membered cyclic amide) rings is 1. The molecule has 0 aromatic heterocycles. The maximum atomic E-state index is 11.6. The molecule has 1 atom stereocenters. The number of aliphatic carboxylic acids is 1. The van der Waals surface area contributed by atoms with Crippen LogP contribution >= 0.6 is 0 Å². The maximum Gasteiger partial charge on any atom is 0.317 e. The van der Waals surface area contributed by atoms with E-state index in [-0.39, 0.29) is 17.9 Å². The molecule has 4 nitrogen and oxygen atoms in total. The Hall–Kier alpha value is -1.84. The summed E-state index contributed by atoms with van der Waals surface area (Å²) in [5.74, 6) is -2.24. The Morgan fingerprint density at radius 1 is 1.28 bits per heavy atom. The van der Waals surface area contributed by atoms with Crippen molar-refractivity contribution in [1.29, 1.82) is 0 Å². The van der Waals surface area contributed by atoms with E-state index in [1.165, 1.54) is 10.5 Å². The Morgan fingerprint density at radius 2 is 1.83 bits per heavy atom. The van der Waals surface area contributed by atoms with E-state index in [9.17, 15) is 9.59 Å². The third-order valence-electron chi connectivity index (χ3n) is 3.27. The summed E-state index contributed by atoms with van der Waals surface area (Å²) in [6, 6.07) is 7.71. The number of hydrogen-bond acceptors (Lipinski definition) is 2. The van der Waals surface area contributed by atoms with E-state index in [1.807, 2.05) is 24.3 Å². The third kappa shape index (κ3) is 2.10. The second-order valence-electron chi connectivity index (χ2n) is 5.64. The molecule has 1 N–H and O–H groups in total. The molecule has 1 aromatic rings. The largest absolute Gasteiger partial charge is 0.481 e. The zero-order chi connectivity index (χ0) is 13.5. The summed E-state index contributed by atoms with van der Waals surface area (Å²) in [6.07, 6.45) is 0. The lowest BCUT2D eigenvalue weighted by Gasteiger charge is -2.36. The number of anilines is 1. The van der Waals surface area contributed by atoms with Gasteiger partial charge in [0.15, 0.2) is 5.92 Å². The van der Waals surface area contributed by atoms with E-state index in [2.05, 4.69) is 20.8 Å². The number of carboxylic acid groups (broad SMARTS) is 1. The molecule has 1 unspecified atom stereocenters. The van der Waals surface area contributed by atoms with E-state index in [1.54, 1.807) is 0 Å². The number of carbonyl (C=O) groups excluding carboxylic acids is 1. The van der Waals surface area contributed by atoms with Crippen molar-refractivity contribution in [1.82, 2.24) is 0 Å². The zero-order valence-corrected chi connectivity index (χ0v) is 10.8. The highest BCUT2D eigenvalue weighted by atomic mass is 16.4. The number of amides is 1. The predicted molar refractivity (Wildman–Crippen MR) is 68.6 cm³/mol. The van der Waals surface area contributed by atoms with Gasteiger partial charge in [-0.15, -0.1) is 0 Å². The summed E-state index contributed by atoms with van der Waals surface area (Å²) in [4.78, 5) is 23.8. The van der Waals surface area contributed by atoms with Crippen molar-refractivity contribution in [3.8, 4) is 0 Å². The van der Waals surface area contributed by atoms with Crippen molar-refractivity contribution in [2.24, 2.45) is 5.92 Å². The number of rotatable bonds is 2. The fraction of sp³-hybridized carbons (Fsp3) is 0.429. The van der Waals surface area contributed by atoms with Crippen LogP contribution in [0.25, 0.3) is 0 Å². The number of hydrogen-bond donors (Lipinski definition) is 1. The van der Waals surface area contributed by atoms with Gasteiger partial charge in [-0.3, -0.25) is 9.59 Å². The molecule has 2 rings (SSSR count). The van der Waals surface area contributed by atoms with Crippen LogP contribution < -0.4 is 4.90 Å². The molecule has 1 aliphatic heterocycles. The van der Waals surface area contributed by atoms with Crippen LogP contribution in [0.1, 0.15) is 26.3 Å². The SMILES string of the molecule is CC(C)(C)c1ccc(N2CC(C(=O)O)C2=O)cc1. The Kier molecular flexibility index (Phi) is 2.89. The fourth-order valence-electron chi connectivity index (χ4n) is 1.98. The van der Waals surface area contributed by atoms with Crippen molar-refractivity contribution in [2.45, 2.75) is 26.2 Å². The smallest absolute Gasteiger partial charge is 0.317 e. The van der Waals surface area contributed by atoms with Gasteiger partial charge < -0.3 is 10.0 Å². The minimum Gasteiger partial charge on any atom is -0.481 e. The molecule has 1 aromatic carbocycles. The van der Waals surface area contributed by atoms with Gasteiger partial charge in [0.1, 0.15) is 0 Å². The van der Waals surface area contributed by atoms with Gasteiger partial charge in [0, 0.05) is 12.2 Å². The standard InChI is InChI=1S/C14H17NO3/c1-14(2,3)9-4-6-10(7-5-9)15-8-11(12(15)16)13(17)18/h4-7,11H,8H2,1-3H3,(H,17,18). The van der Waals surface area contributed by atoms with E-state index >= 15 is 0 Å². The van der Waals surface area contributed by atoms with E-state index in [0.717, 1.165) is 5.69 Å². The second kappa shape index (κ2) is 4.12. The average molecular weight is 247 g/mol. The first-order chi connectivity index (χ1) is 8.30. The molecule has 0 aliphatic carbocycles. The average Bonchev–Trinajstić information content (AvgIpc) is 2.26. The number of nitrogens with zero attached hydrogens (tertiary/aromatic N) is 1. The highest BCUT2D eigenvalue weighted by Gasteiger charge is 2.42. The highest BCUT2D eigenvalue weighted by Crippen LogP contribution is 2.29. The van der Waals surface area contributed by atoms with E-state index in [0.29, 0.717) is 0 Å². The second-order valence-corrected chi connectivity index (χ2v) is 5.64. The molecule has 0 saturated carbocycles. The van der Waals surface area contributed by atoms with E-state index in [4.69, 9.17) is 5.11 Å². The third-order valence-corrected chi connectivity index (χ3v) is 3.27.